The van der Waals surface area contributed by atoms with Crippen LogP contribution >= 0.6 is 11.6 Å². The standard InChI is InChI=1S/C12H12ClFO3/c1-7(6-10(15)17-2)12(16)11-8(13)4-3-5-9(11)14/h3-5,7H,6H2,1-2H3. The van der Waals surface area contributed by atoms with Crippen LogP contribution in [0.4, 0.5) is 4.39 Å². The van der Waals surface area contributed by atoms with Crippen LogP contribution in [0.3, 0.4) is 0 Å². The summed E-state index contributed by atoms with van der Waals surface area (Å²) in [6.45, 7) is 1.53. The Hall–Kier alpha value is -1.42. The fourth-order valence-electron chi connectivity index (χ4n) is 1.41. The van der Waals surface area contributed by atoms with Crippen molar-refractivity contribution in [2.24, 2.45) is 5.92 Å². The van der Waals surface area contributed by atoms with Crippen LogP contribution < -0.4 is 0 Å². The molecule has 0 bridgehead atoms. The zero-order valence-electron chi connectivity index (χ0n) is 9.50. The molecule has 1 aromatic rings. The number of esters is 1. The predicted octanol–water partition coefficient (Wildman–Crippen LogP) is 2.86. The maximum Gasteiger partial charge on any atom is 0.306 e. The van der Waals surface area contributed by atoms with Crippen LogP contribution in [0.1, 0.15) is 23.7 Å². The minimum absolute atomic E-state index is 0.0479. The summed E-state index contributed by atoms with van der Waals surface area (Å²) in [5, 5.41) is 0.0479. The summed E-state index contributed by atoms with van der Waals surface area (Å²) >= 11 is 5.76. The highest BCUT2D eigenvalue weighted by atomic mass is 35.5. The number of halogens is 2. The van der Waals surface area contributed by atoms with Crippen LogP contribution in [0, 0.1) is 11.7 Å². The molecular weight excluding hydrogens is 247 g/mol. The van der Waals surface area contributed by atoms with Crippen molar-refractivity contribution in [1.29, 1.82) is 0 Å². The van der Waals surface area contributed by atoms with Crippen LogP contribution in [0.2, 0.25) is 5.02 Å². The molecule has 5 heteroatoms. The van der Waals surface area contributed by atoms with Crippen molar-refractivity contribution in [3.05, 3.63) is 34.6 Å². The van der Waals surface area contributed by atoms with Gasteiger partial charge in [0, 0.05) is 5.92 Å². The summed E-state index contributed by atoms with van der Waals surface area (Å²) in [5.74, 6) is -2.37. The van der Waals surface area contributed by atoms with Gasteiger partial charge in [-0.15, -0.1) is 0 Å². The summed E-state index contributed by atoms with van der Waals surface area (Å²) in [6.07, 6.45) is -0.0972. The molecule has 1 atom stereocenters. The molecule has 0 saturated carbocycles. The van der Waals surface area contributed by atoms with E-state index in [9.17, 15) is 14.0 Å². The minimum atomic E-state index is -0.681. The number of ether oxygens (including phenoxy) is 1. The fraction of sp³-hybridized carbons (Fsp3) is 0.333. The van der Waals surface area contributed by atoms with Crippen molar-refractivity contribution in [2.75, 3.05) is 7.11 Å². The molecule has 0 aromatic heterocycles. The SMILES string of the molecule is COC(=O)CC(C)C(=O)c1c(F)cccc1Cl. The highest BCUT2D eigenvalue weighted by Gasteiger charge is 2.23. The van der Waals surface area contributed by atoms with Gasteiger partial charge in [-0.25, -0.2) is 4.39 Å². The number of hydrogen-bond donors (Lipinski definition) is 0. The summed E-state index contributed by atoms with van der Waals surface area (Å²) in [4.78, 5) is 22.9. The Labute approximate surface area is 104 Å². The van der Waals surface area contributed by atoms with E-state index < -0.39 is 23.5 Å². The average Bonchev–Trinajstić information content (AvgIpc) is 2.28. The van der Waals surface area contributed by atoms with Gasteiger partial charge in [0.05, 0.1) is 24.1 Å². The van der Waals surface area contributed by atoms with Crippen molar-refractivity contribution in [3.8, 4) is 0 Å². The number of benzene rings is 1. The van der Waals surface area contributed by atoms with Crippen molar-refractivity contribution >= 4 is 23.4 Å². The summed E-state index contributed by atoms with van der Waals surface area (Å²) in [7, 11) is 1.23. The highest BCUT2D eigenvalue weighted by Crippen LogP contribution is 2.23. The molecule has 1 unspecified atom stereocenters. The topological polar surface area (TPSA) is 43.4 Å². The Balaban J connectivity index is 2.93. The summed E-state index contributed by atoms with van der Waals surface area (Å²) in [5.41, 5.74) is -0.175. The lowest BCUT2D eigenvalue weighted by molar-refractivity contribution is -0.141. The predicted molar refractivity (Wildman–Crippen MR) is 61.5 cm³/mol. The van der Waals surface area contributed by atoms with Gasteiger partial charge in [0.15, 0.2) is 5.78 Å². The van der Waals surface area contributed by atoms with Crippen LogP contribution in [-0.2, 0) is 9.53 Å². The average molecular weight is 259 g/mol. The zero-order valence-corrected chi connectivity index (χ0v) is 10.3. The third kappa shape index (κ3) is 3.27. The number of carbonyl (C=O) groups is 2. The lowest BCUT2D eigenvalue weighted by Gasteiger charge is -2.10. The first-order chi connectivity index (χ1) is 7.97. The molecule has 1 aromatic carbocycles. The molecule has 0 fully saturated rings. The second-order valence-corrected chi connectivity index (χ2v) is 4.05. The molecular formula is C12H12ClFO3. The van der Waals surface area contributed by atoms with Gasteiger partial charge >= 0.3 is 5.97 Å². The van der Waals surface area contributed by atoms with E-state index >= 15 is 0 Å². The first-order valence-electron chi connectivity index (χ1n) is 5.02. The largest absolute Gasteiger partial charge is 0.469 e. The number of methoxy groups -OCH3 is 1. The van der Waals surface area contributed by atoms with Crippen molar-refractivity contribution < 1.29 is 18.7 Å². The van der Waals surface area contributed by atoms with E-state index in [0.717, 1.165) is 6.07 Å². The van der Waals surface area contributed by atoms with E-state index in [4.69, 9.17) is 11.6 Å². The minimum Gasteiger partial charge on any atom is -0.469 e. The maximum absolute atomic E-state index is 13.5. The highest BCUT2D eigenvalue weighted by molar-refractivity contribution is 6.34. The van der Waals surface area contributed by atoms with Crippen LogP contribution in [0.15, 0.2) is 18.2 Å². The molecule has 0 saturated heterocycles. The van der Waals surface area contributed by atoms with E-state index in [-0.39, 0.29) is 17.0 Å². The quantitative estimate of drug-likeness (QED) is 0.616. The van der Waals surface area contributed by atoms with Gasteiger partial charge in [-0.3, -0.25) is 9.59 Å². The molecule has 0 aliphatic rings. The Morgan fingerprint density at radius 2 is 2.12 bits per heavy atom. The van der Waals surface area contributed by atoms with Crippen LogP contribution in [0.5, 0.6) is 0 Å². The molecule has 0 aliphatic heterocycles. The van der Waals surface area contributed by atoms with Gasteiger partial charge in [0.2, 0.25) is 0 Å². The molecule has 1 rings (SSSR count). The number of rotatable bonds is 4. The van der Waals surface area contributed by atoms with E-state index in [2.05, 4.69) is 4.74 Å². The van der Waals surface area contributed by atoms with E-state index in [1.165, 1.54) is 26.2 Å². The normalized spacial score (nSPS) is 12.0. The first-order valence-corrected chi connectivity index (χ1v) is 5.40. The third-order valence-electron chi connectivity index (χ3n) is 2.36. The number of carbonyl (C=O) groups excluding carboxylic acids is 2. The van der Waals surface area contributed by atoms with Gasteiger partial charge in [0.25, 0.3) is 0 Å². The number of hydrogen-bond acceptors (Lipinski definition) is 3. The molecule has 0 amide bonds. The van der Waals surface area contributed by atoms with Gasteiger partial charge < -0.3 is 4.74 Å². The Bertz CT molecular complexity index is 425. The second-order valence-electron chi connectivity index (χ2n) is 3.64. The molecule has 0 aliphatic carbocycles. The van der Waals surface area contributed by atoms with E-state index in [0.29, 0.717) is 0 Å². The first kappa shape index (κ1) is 13.6. The van der Waals surface area contributed by atoms with Crippen molar-refractivity contribution in [3.63, 3.8) is 0 Å². The van der Waals surface area contributed by atoms with Crippen LogP contribution in [-0.4, -0.2) is 18.9 Å². The smallest absolute Gasteiger partial charge is 0.306 e. The molecule has 0 radical (unpaired) electrons. The number of ketones is 1. The fourth-order valence-corrected chi connectivity index (χ4v) is 1.66. The van der Waals surface area contributed by atoms with Crippen molar-refractivity contribution in [2.45, 2.75) is 13.3 Å². The maximum atomic E-state index is 13.5. The van der Waals surface area contributed by atoms with Gasteiger partial charge in [-0.2, -0.15) is 0 Å². The molecule has 0 N–H and O–H groups in total. The molecule has 17 heavy (non-hydrogen) atoms. The summed E-state index contributed by atoms with van der Waals surface area (Å²) < 4.78 is 17.9. The van der Waals surface area contributed by atoms with E-state index in [1.807, 2.05) is 0 Å². The Morgan fingerprint density at radius 3 is 2.65 bits per heavy atom. The zero-order chi connectivity index (χ0) is 13.0. The second kappa shape index (κ2) is 5.77. The van der Waals surface area contributed by atoms with Crippen LogP contribution in [0.25, 0.3) is 0 Å². The van der Waals surface area contributed by atoms with Crippen molar-refractivity contribution in [1.82, 2.24) is 0 Å². The monoisotopic (exact) mass is 258 g/mol. The number of Topliss-reactive ketones (excluding diaryl/α,β-unsaturated/α-hetero) is 1. The molecule has 0 spiro atoms. The Kier molecular flexibility index (Phi) is 4.63. The molecule has 0 heterocycles. The summed E-state index contributed by atoms with van der Waals surface area (Å²) in [6, 6.07) is 4.01. The Morgan fingerprint density at radius 1 is 1.47 bits per heavy atom. The molecule has 92 valence electrons. The van der Waals surface area contributed by atoms with E-state index in [1.54, 1.807) is 0 Å². The van der Waals surface area contributed by atoms with Gasteiger partial charge in [-0.1, -0.05) is 24.6 Å². The van der Waals surface area contributed by atoms with Gasteiger partial charge in [-0.05, 0) is 12.1 Å². The lowest BCUT2D eigenvalue weighted by Crippen LogP contribution is -2.18. The van der Waals surface area contributed by atoms with Gasteiger partial charge in [0.1, 0.15) is 5.82 Å². The molecule has 3 nitrogen and oxygen atoms in total. The third-order valence-corrected chi connectivity index (χ3v) is 2.67. The lowest BCUT2D eigenvalue weighted by atomic mass is 9.96.